The molecule has 4 heterocycles. The number of aryl methyl sites for hydroxylation is 4. The molecule has 1 aliphatic rings. The van der Waals surface area contributed by atoms with Crippen LogP contribution < -0.4 is 5.56 Å². The first-order valence-corrected chi connectivity index (χ1v) is 13.5. The highest BCUT2D eigenvalue weighted by molar-refractivity contribution is 6.31. The summed E-state index contributed by atoms with van der Waals surface area (Å²) in [7, 11) is 0. The van der Waals surface area contributed by atoms with Gasteiger partial charge in [0.2, 0.25) is 0 Å². The average molecular weight is 616 g/mol. The topological polar surface area (TPSA) is 83.4 Å². The van der Waals surface area contributed by atoms with Crippen molar-refractivity contribution in [1.82, 2.24) is 34.1 Å². The zero-order chi connectivity index (χ0) is 31.0. The van der Waals surface area contributed by atoms with E-state index in [4.69, 9.17) is 11.6 Å². The maximum atomic E-state index is 16.3. The van der Waals surface area contributed by atoms with Crippen molar-refractivity contribution in [1.29, 1.82) is 0 Å². The van der Waals surface area contributed by atoms with Crippen molar-refractivity contribution in [3.63, 3.8) is 0 Å². The first-order chi connectivity index (χ1) is 20.3. The highest BCUT2D eigenvalue weighted by Gasteiger charge is 2.45. The summed E-state index contributed by atoms with van der Waals surface area (Å²) in [6.07, 6.45) is -0.277. The highest BCUT2D eigenvalue weighted by atomic mass is 35.5. The predicted molar refractivity (Wildman–Crippen MR) is 148 cm³/mol. The standard InChI is InChI=1S/C29H23ClF5N7O/c1-13-10-36-26(17-6-5-7-22(24(17)31)40-12-14(2)38-16(40)4)25(32)27(13)41-15(3)8-20(23(30)28(41)43)18-9-19(18)21-11-37-42(39-21)29(33,34)35/h5-8,10-12,18-19H,9H2,1-4H3/t18-,19-/m0/s1. The van der Waals surface area contributed by atoms with Gasteiger partial charge in [-0.3, -0.25) is 14.3 Å². The lowest BCUT2D eigenvalue weighted by molar-refractivity contribution is -0.221. The number of benzene rings is 1. The number of pyridine rings is 2. The summed E-state index contributed by atoms with van der Waals surface area (Å²) in [5.74, 6) is -1.86. The van der Waals surface area contributed by atoms with Gasteiger partial charge in [-0.2, -0.15) is 10.2 Å². The molecule has 1 saturated carbocycles. The van der Waals surface area contributed by atoms with Crippen LogP contribution in [-0.2, 0) is 6.30 Å². The maximum Gasteiger partial charge on any atom is 0.521 e. The molecule has 0 unspecified atom stereocenters. The molecule has 0 saturated heterocycles. The summed E-state index contributed by atoms with van der Waals surface area (Å²) in [6.45, 7) is 6.65. The minimum Gasteiger partial charge on any atom is -0.301 e. The highest BCUT2D eigenvalue weighted by Crippen LogP contribution is 2.55. The van der Waals surface area contributed by atoms with Crippen LogP contribution in [-0.4, -0.2) is 34.1 Å². The quantitative estimate of drug-likeness (QED) is 0.208. The summed E-state index contributed by atoms with van der Waals surface area (Å²) in [5, 5.41) is 6.60. The molecule has 14 heteroatoms. The van der Waals surface area contributed by atoms with E-state index < -0.39 is 29.4 Å². The maximum absolute atomic E-state index is 16.3. The molecular formula is C29H23ClF5N7O. The van der Waals surface area contributed by atoms with Gasteiger partial charge in [-0.15, -0.1) is 13.2 Å². The normalized spacial score (nSPS) is 16.6. The number of hydrogen-bond donors (Lipinski definition) is 0. The van der Waals surface area contributed by atoms with Gasteiger partial charge in [0.25, 0.3) is 5.56 Å². The second-order valence-electron chi connectivity index (χ2n) is 10.6. The molecule has 5 aromatic rings. The van der Waals surface area contributed by atoms with Gasteiger partial charge in [0.15, 0.2) is 11.6 Å². The minimum absolute atomic E-state index is 0.108. The van der Waals surface area contributed by atoms with Crippen molar-refractivity contribution < 1.29 is 22.0 Å². The van der Waals surface area contributed by atoms with Crippen LogP contribution in [0.1, 0.15) is 52.3 Å². The Labute approximate surface area is 246 Å². The summed E-state index contributed by atoms with van der Waals surface area (Å²) in [6, 6.07) is 6.12. The molecule has 0 amide bonds. The Hall–Kier alpha value is -4.39. The SMILES string of the molecule is Cc1cn(-c2cccc(-c3ncc(C)c(-n4c(C)cc([C@H]5C[C@@H]5c5cnn(C(F)(F)F)n5)c(Cl)c4=O)c3F)c2F)c(C)n1. The Balaban J connectivity index is 1.41. The molecule has 6 rings (SSSR count). The molecule has 222 valence electrons. The third-order valence-corrected chi connectivity index (χ3v) is 7.94. The summed E-state index contributed by atoms with van der Waals surface area (Å²) >= 11 is 6.52. The number of halogens is 6. The van der Waals surface area contributed by atoms with Crippen LogP contribution in [0.3, 0.4) is 0 Å². The van der Waals surface area contributed by atoms with Crippen molar-refractivity contribution in [2.45, 2.75) is 52.3 Å². The molecule has 0 spiro atoms. The lowest BCUT2D eigenvalue weighted by atomic mass is 10.0. The van der Waals surface area contributed by atoms with Gasteiger partial charge in [-0.05, 0) is 69.4 Å². The van der Waals surface area contributed by atoms with Crippen LogP contribution in [0.2, 0.25) is 5.02 Å². The Bertz CT molecular complexity index is 1980. The van der Waals surface area contributed by atoms with E-state index in [0.717, 1.165) is 10.8 Å². The number of hydrogen-bond acceptors (Lipinski definition) is 5. The second kappa shape index (κ2) is 10.1. The molecule has 0 N–H and O–H groups in total. The number of alkyl halides is 3. The van der Waals surface area contributed by atoms with Crippen molar-refractivity contribution in [3.8, 4) is 22.6 Å². The van der Waals surface area contributed by atoms with Crippen LogP contribution >= 0.6 is 11.6 Å². The molecule has 1 aromatic carbocycles. The molecule has 0 bridgehead atoms. The van der Waals surface area contributed by atoms with Gasteiger partial charge in [-0.25, -0.2) is 13.8 Å². The molecule has 1 fully saturated rings. The van der Waals surface area contributed by atoms with E-state index in [9.17, 15) is 18.0 Å². The van der Waals surface area contributed by atoms with Gasteiger partial charge in [0.1, 0.15) is 16.5 Å². The minimum atomic E-state index is -4.75. The van der Waals surface area contributed by atoms with E-state index in [1.807, 2.05) is 0 Å². The van der Waals surface area contributed by atoms with Gasteiger partial charge in [-0.1, -0.05) is 22.5 Å². The van der Waals surface area contributed by atoms with Crippen LogP contribution in [0.25, 0.3) is 22.6 Å². The third kappa shape index (κ3) is 4.81. The first kappa shape index (κ1) is 28.7. The number of rotatable bonds is 5. The summed E-state index contributed by atoms with van der Waals surface area (Å²) < 4.78 is 73.6. The van der Waals surface area contributed by atoms with E-state index >= 15 is 8.78 Å². The lowest BCUT2D eigenvalue weighted by Gasteiger charge is -2.18. The van der Waals surface area contributed by atoms with E-state index in [0.29, 0.717) is 34.8 Å². The smallest absolute Gasteiger partial charge is 0.301 e. The van der Waals surface area contributed by atoms with Gasteiger partial charge >= 0.3 is 6.30 Å². The Morgan fingerprint density at radius 1 is 1.02 bits per heavy atom. The van der Waals surface area contributed by atoms with Crippen LogP contribution in [0.15, 0.2) is 47.7 Å². The number of aromatic nitrogens is 7. The molecule has 0 aliphatic heterocycles. The molecule has 43 heavy (non-hydrogen) atoms. The van der Waals surface area contributed by atoms with Crippen LogP contribution in [0.5, 0.6) is 0 Å². The Kier molecular flexibility index (Phi) is 6.75. The van der Waals surface area contributed by atoms with Crippen LogP contribution in [0.4, 0.5) is 22.0 Å². The summed E-state index contributed by atoms with van der Waals surface area (Å²) in [4.78, 5) is 21.8. The monoisotopic (exact) mass is 615 g/mol. The number of nitrogens with zero attached hydrogens (tertiary/aromatic N) is 7. The first-order valence-electron chi connectivity index (χ1n) is 13.2. The van der Waals surface area contributed by atoms with E-state index in [1.165, 1.54) is 12.3 Å². The second-order valence-corrected chi connectivity index (χ2v) is 10.9. The van der Waals surface area contributed by atoms with Gasteiger partial charge in [0, 0.05) is 29.6 Å². The van der Waals surface area contributed by atoms with Crippen molar-refractivity contribution in [2.24, 2.45) is 0 Å². The molecule has 2 atom stereocenters. The fraction of sp³-hybridized carbons (Fsp3) is 0.276. The Morgan fingerprint density at radius 3 is 2.42 bits per heavy atom. The van der Waals surface area contributed by atoms with E-state index in [2.05, 4.69) is 20.2 Å². The molecule has 1 aliphatic carbocycles. The van der Waals surface area contributed by atoms with E-state index in [1.54, 1.807) is 56.7 Å². The predicted octanol–water partition coefficient (Wildman–Crippen LogP) is 6.59. The molecular weight excluding hydrogens is 593 g/mol. The molecule has 0 radical (unpaired) electrons. The fourth-order valence-corrected chi connectivity index (χ4v) is 5.77. The van der Waals surface area contributed by atoms with Gasteiger partial charge < -0.3 is 4.57 Å². The zero-order valence-corrected chi connectivity index (χ0v) is 24.0. The van der Waals surface area contributed by atoms with Crippen molar-refractivity contribution >= 4 is 11.6 Å². The fourth-order valence-electron chi connectivity index (χ4n) is 5.49. The average Bonchev–Trinajstić information content (AvgIpc) is 3.40. The third-order valence-electron chi connectivity index (χ3n) is 7.56. The lowest BCUT2D eigenvalue weighted by Crippen LogP contribution is -2.24. The zero-order valence-electron chi connectivity index (χ0n) is 23.2. The largest absolute Gasteiger partial charge is 0.521 e. The van der Waals surface area contributed by atoms with E-state index in [-0.39, 0.29) is 44.1 Å². The summed E-state index contributed by atoms with van der Waals surface area (Å²) in [5.41, 5.74) is 0.765. The van der Waals surface area contributed by atoms with Gasteiger partial charge in [0.05, 0.1) is 29.0 Å². The Morgan fingerprint density at radius 2 is 1.77 bits per heavy atom. The van der Waals surface area contributed by atoms with Crippen LogP contribution in [0, 0.1) is 39.3 Å². The van der Waals surface area contributed by atoms with Crippen molar-refractivity contribution in [3.05, 3.63) is 104 Å². The van der Waals surface area contributed by atoms with Crippen molar-refractivity contribution in [2.75, 3.05) is 0 Å². The molecule has 4 aromatic heterocycles. The number of imidazole rings is 1. The molecule has 8 nitrogen and oxygen atoms in total.